The maximum Gasteiger partial charge on any atom is 0.451 e. The average Bonchev–Trinajstić information content (AvgIpc) is 3.26. The molecule has 1 aliphatic heterocycles. The number of nitrogens with two attached hydrogens (primary N) is 1. The Hall–Kier alpha value is -4.49. The number of rotatable bonds is 8. The van der Waals surface area contributed by atoms with Crippen LogP contribution in [0.2, 0.25) is 0 Å². The molecule has 2 aliphatic rings. The van der Waals surface area contributed by atoms with Crippen molar-refractivity contribution in [3.05, 3.63) is 63.8 Å². The van der Waals surface area contributed by atoms with Gasteiger partial charge in [-0.25, -0.2) is 9.97 Å². The number of piperidine rings is 1. The first-order chi connectivity index (χ1) is 21.3. The molecule has 1 aliphatic carbocycles. The average molecular weight is 642 g/mol. The number of carbonyl (C=O) groups excluding carboxylic acids is 3. The van der Waals surface area contributed by atoms with Crippen LogP contribution in [0.4, 0.5) is 19.0 Å². The third-order valence-electron chi connectivity index (χ3n) is 9.24. The summed E-state index contributed by atoms with van der Waals surface area (Å²) in [6, 6.07) is 5.14. The van der Waals surface area contributed by atoms with Crippen molar-refractivity contribution in [2.45, 2.75) is 72.3 Å². The summed E-state index contributed by atoms with van der Waals surface area (Å²) in [6.07, 6.45) is -3.99. The lowest BCUT2D eigenvalue weighted by molar-refractivity contribution is -0.144. The van der Waals surface area contributed by atoms with Gasteiger partial charge in [-0.15, -0.1) is 0 Å². The summed E-state index contributed by atoms with van der Waals surface area (Å²) in [5, 5.41) is 6.30. The highest BCUT2D eigenvalue weighted by Crippen LogP contribution is 2.65. The number of amides is 3. The Morgan fingerprint density at radius 3 is 2.48 bits per heavy atom. The van der Waals surface area contributed by atoms with E-state index in [9.17, 15) is 32.3 Å². The van der Waals surface area contributed by atoms with Gasteiger partial charge in [-0.1, -0.05) is 46.2 Å². The second kappa shape index (κ2) is 11.4. The number of halogens is 3. The van der Waals surface area contributed by atoms with Crippen LogP contribution in [0.15, 0.2) is 41.3 Å². The van der Waals surface area contributed by atoms with Gasteiger partial charge in [0.1, 0.15) is 23.9 Å². The molecule has 246 valence electrons. The summed E-state index contributed by atoms with van der Waals surface area (Å²) in [4.78, 5) is 64.6. The minimum atomic E-state index is -4.78. The molecule has 2 fully saturated rings. The molecule has 5 rings (SSSR count). The van der Waals surface area contributed by atoms with Crippen LogP contribution in [0.1, 0.15) is 51.6 Å². The Bertz CT molecular complexity index is 1760. The number of hydrogen-bond acceptors (Lipinski definition) is 7. The number of nitrogens with zero attached hydrogens (tertiary/aromatic N) is 3. The topological polar surface area (TPSA) is 163 Å². The molecule has 11 nitrogen and oxygen atoms in total. The standard InChI is InChI=1S/C32H38F3N7O4/c1-15-7-8-19-16(11-15)12-17(26(44)38-19)13-20(25(36)43)39-27(45)23-22-18(31(22,5)6)14-42(23)28(46)24(30(2,3)4)40-21-9-10-37-29(41-21)32(33,34)35/h7-12,18,20,22-24H,13-14H2,1-6H3,(H2,36,43)(H,38,44)(H,39,45)(H,37,40,41)/t18-,20-,22-,23-,24+/m0/s1. The summed E-state index contributed by atoms with van der Waals surface area (Å²) >= 11 is 0. The molecule has 0 spiro atoms. The normalized spacial score (nSPS) is 21.8. The minimum absolute atomic E-state index is 0.0118. The maximum atomic E-state index is 14.2. The number of aryl methyl sites for hydroxylation is 1. The van der Waals surface area contributed by atoms with Gasteiger partial charge in [0, 0.05) is 30.2 Å². The quantitative estimate of drug-likeness (QED) is 0.294. The summed E-state index contributed by atoms with van der Waals surface area (Å²) in [6.45, 7) is 11.4. The fraction of sp³-hybridized carbons (Fsp3) is 0.500. The van der Waals surface area contributed by atoms with Crippen molar-refractivity contribution in [2.24, 2.45) is 28.4 Å². The first kappa shape index (κ1) is 32.9. The summed E-state index contributed by atoms with van der Waals surface area (Å²) in [5.74, 6) is -3.73. The lowest BCUT2D eigenvalue weighted by atomic mass is 9.85. The molecule has 46 heavy (non-hydrogen) atoms. The van der Waals surface area contributed by atoms with Gasteiger partial charge in [0.05, 0.1) is 0 Å². The van der Waals surface area contributed by atoms with Gasteiger partial charge in [-0.3, -0.25) is 19.2 Å². The highest BCUT2D eigenvalue weighted by molar-refractivity contribution is 5.95. The maximum absolute atomic E-state index is 14.2. The Morgan fingerprint density at radius 2 is 1.85 bits per heavy atom. The third-order valence-corrected chi connectivity index (χ3v) is 9.24. The summed E-state index contributed by atoms with van der Waals surface area (Å²) < 4.78 is 39.9. The van der Waals surface area contributed by atoms with Crippen molar-refractivity contribution >= 4 is 34.4 Å². The van der Waals surface area contributed by atoms with Gasteiger partial charge in [0.2, 0.25) is 23.5 Å². The molecule has 14 heteroatoms. The summed E-state index contributed by atoms with van der Waals surface area (Å²) in [7, 11) is 0. The second-order valence-corrected chi connectivity index (χ2v) is 14.0. The van der Waals surface area contributed by atoms with Crippen LogP contribution in [0.25, 0.3) is 10.9 Å². The van der Waals surface area contributed by atoms with Crippen molar-refractivity contribution < 1.29 is 27.6 Å². The molecule has 0 bridgehead atoms. The number of H-pyrrole nitrogens is 1. The number of nitrogens with one attached hydrogen (secondary N) is 3. The third kappa shape index (κ3) is 6.29. The lowest BCUT2D eigenvalue weighted by Gasteiger charge is -2.38. The first-order valence-electron chi connectivity index (χ1n) is 15.0. The van der Waals surface area contributed by atoms with E-state index in [-0.39, 0.29) is 41.6 Å². The molecule has 1 saturated carbocycles. The number of hydrogen-bond donors (Lipinski definition) is 4. The number of fused-ring (bicyclic) bond motifs is 2. The van der Waals surface area contributed by atoms with Crippen molar-refractivity contribution in [3.8, 4) is 0 Å². The SMILES string of the molecule is Cc1ccc2[nH]c(=O)c(C[C@H](NC(=O)[C@@H]3[C@@H]4[C@H](CN3C(=O)[C@@H](Nc3ccnc(C(F)(F)F)n3)C(C)(C)C)C4(C)C)C(N)=O)cc2c1. The zero-order valence-electron chi connectivity index (χ0n) is 26.5. The molecule has 3 amide bonds. The molecule has 5 atom stereocenters. The fourth-order valence-corrected chi connectivity index (χ4v) is 6.57. The number of benzene rings is 1. The monoisotopic (exact) mass is 641 g/mol. The van der Waals surface area contributed by atoms with E-state index in [0.717, 1.165) is 17.1 Å². The number of anilines is 1. The number of pyridine rings is 1. The Kier molecular flexibility index (Phi) is 8.14. The van der Waals surface area contributed by atoms with E-state index in [2.05, 4.69) is 25.6 Å². The number of alkyl halides is 3. The molecular weight excluding hydrogens is 603 g/mol. The van der Waals surface area contributed by atoms with Gasteiger partial charge in [0.15, 0.2) is 0 Å². The fourth-order valence-electron chi connectivity index (χ4n) is 6.57. The zero-order chi connectivity index (χ0) is 33.9. The van der Waals surface area contributed by atoms with Gasteiger partial charge >= 0.3 is 6.18 Å². The number of aromatic nitrogens is 3. The molecule has 1 saturated heterocycles. The van der Waals surface area contributed by atoms with E-state index in [1.165, 1.54) is 11.0 Å². The highest BCUT2D eigenvalue weighted by atomic mass is 19.4. The van der Waals surface area contributed by atoms with Gasteiger partial charge in [-0.2, -0.15) is 13.2 Å². The molecule has 3 aromatic rings. The van der Waals surface area contributed by atoms with E-state index in [4.69, 9.17) is 5.73 Å². The van der Waals surface area contributed by atoms with Gasteiger partial charge in [-0.05, 0) is 59.2 Å². The van der Waals surface area contributed by atoms with Crippen LogP contribution in [0.3, 0.4) is 0 Å². The predicted molar refractivity (Wildman–Crippen MR) is 164 cm³/mol. The van der Waals surface area contributed by atoms with E-state index in [0.29, 0.717) is 5.52 Å². The van der Waals surface area contributed by atoms with Gasteiger partial charge < -0.3 is 26.3 Å². The van der Waals surface area contributed by atoms with Crippen LogP contribution < -0.4 is 21.9 Å². The summed E-state index contributed by atoms with van der Waals surface area (Å²) in [5.41, 5.74) is 6.05. The smallest absolute Gasteiger partial charge is 0.368 e. The number of aromatic amines is 1. The van der Waals surface area contributed by atoms with E-state index in [1.54, 1.807) is 32.9 Å². The highest BCUT2D eigenvalue weighted by Gasteiger charge is 2.69. The predicted octanol–water partition coefficient (Wildman–Crippen LogP) is 3.17. The molecule has 1 aromatic carbocycles. The Balaban J connectivity index is 1.41. The minimum Gasteiger partial charge on any atom is -0.368 e. The Morgan fingerprint density at radius 1 is 1.15 bits per heavy atom. The molecule has 2 aromatic heterocycles. The number of carbonyl (C=O) groups is 3. The van der Waals surface area contributed by atoms with Crippen molar-refractivity contribution in [3.63, 3.8) is 0 Å². The second-order valence-electron chi connectivity index (χ2n) is 14.0. The molecule has 0 radical (unpaired) electrons. The Labute approximate surface area is 263 Å². The van der Waals surface area contributed by atoms with Crippen molar-refractivity contribution in [1.29, 1.82) is 0 Å². The molecule has 5 N–H and O–H groups in total. The zero-order valence-corrected chi connectivity index (χ0v) is 26.5. The van der Waals surface area contributed by atoms with Crippen molar-refractivity contribution in [2.75, 3.05) is 11.9 Å². The number of primary amides is 1. The van der Waals surface area contributed by atoms with E-state index >= 15 is 0 Å². The van der Waals surface area contributed by atoms with Gasteiger partial charge in [0.25, 0.3) is 5.56 Å². The molecule has 0 unspecified atom stereocenters. The largest absolute Gasteiger partial charge is 0.451 e. The lowest BCUT2D eigenvalue weighted by Crippen LogP contribution is -2.58. The molecule has 3 heterocycles. The van der Waals surface area contributed by atoms with Crippen LogP contribution in [-0.4, -0.2) is 62.2 Å². The molecular formula is C32H38F3N7O4. The van der Waals surface area contributed by atoms with Crippen LogP contribution in [-0.2, 0) is 27.0 Å². The van der Waals surface area contributed by atoms with Crippen LogP contribution in [0.5, 0.6) is 0 Å². The first-order valence-corrected chi connectivity index (χ1v) is 15.0. The number of likely N-dealkylation sites (tertiary alicyclic amines) is 1. The van der Waals surface area contributed by atoms with Crippen LogP contribution >= 0.6 is 0 Å². The van der Waals surface area contributed by atoms with Crippen molar-refractivity contribution in [1.82, 2.24) is 25.2 Å². The van der Waals surface area contributed by atoms with Crippen LogP contribution in [0, 0.1) is 29.6 Å². The van der Waals surface area contributed by atoms with E-state index < -0.39 is 58.8 Å². The van der Waals surface area contributed by atoms with E-state index in [1.807, 2.05) is 32.9 Å².